The van der Waals surface area contributed by atoms with E-state index in [0.717, 1.165) is 0 Å². The molecular weight excluding hydrogens is 232 g/mol. The molecule has 0 amide bonds. The standard InChI is InChI=1S/C9H6F4O3/c10-3-1-4(11)9(13)7(8(3)12)5(14)2-6(15)16/h1,5,14H,2H2,(H,15,16). The molecule has 1 aromatic rings. The molecule has 0 spiro atoms. The molecule has 0 saturated carbocycles. The van der Waals surface area contributed by atoms with Crippen molar-refractivity contribution in [3.05, 3.63) is 34.9 Å². The Hall–Kier alpha value is -1.63. The van der Waals surface area contributed by atoms with E-state index in [-0.39, 0.29) is 6.07 Å². The lowest BCUT2D eigenvalue weighted by atomic mass is 10.0. The summed E-state index contributed by atoms with van der Waals surface area (Å²) in [6, 6.07) is -0.0261. The molecule has 0 radical (unpaired) electrons. The lowest BCUT2D eigenvalue weighted by Crippen LogP contribution is -2.12. The van der Waals surface area contributed by atoms with Crippen LogP contribution in [0.15, 0.2) is 6.07 Å². The van der Waals surface area contributed by atoms with Gasteiger partial charge in [0.15, 0.2) is 23.3 Å². The predicted octanol–water partition coefficient (Wildman–Crippen LogP) is 1.75. The summed E-state index contributed by atoms with van der Waals surface area (Å²) in [7, 11) is 0. The van der Waals surface area contributed by atoms with Gasteiger partial charge in [-0.2, -0.15) is 0 Å². The number of carboxylic acid groups (broad SMARTS) is 1. The fourth-order valence-electron chi connectivity index (χ4n) is 1.15. The zero-order valence-corrected chi connectivity index (χ0v) is 7.68. The van der Waals surface area contributed by atoms with Crippen molar-refractivity contribution in [1.82, 2.24) is 0 Å². The zero-order chi connectivity index (χ0) is 12.5. The second-order valence-electron chi connectivity index (χ2n) is 3.00. The summed E-state index contributed by atoms with van der Waals surface area (Å²) in [5.74, 6) is -8.55. The Kier molecular flexibility index (Phi) is 3.48. The van der Waals surface area contributed by atoms with Crippen LogP contribution < -0.4 is 0 Å². The molecule has 0 aliphatic carbocycles. The number of rotatable bonds is 3. The Bertz CT molecular complexity index is 407. The van der Waals surface area contributed by atoms with E-state index >= 15 is 0 Å². The maximum Gasteiger partial charge on any atom is 0.306 e. The average Bonchev–Trinajstić information content (AvgIpc) is 2.14. The molecule has 0 saturated heterocycles. The summed E-state index contributed by atoms with van der Waals surface area (Å²) >= 11 is 0. The summed E-state index contributed by atoms with van der Waals surface area (Å²) in [5, 5.41) is 17.4. The quantitative estimate of drug-likeness (QED) is 0.623. The van der Waals surface area contributed by atoms with Crippen molar-refractivity contribution in [3.63, 3.8) is 0 Å². The number of aliphatic hydroxyl groups is 1. The molecule has 16 heavy (non-hydrogen) atoms. The van der Waals surface area contributed by atoms with Crippen molar-refractivity contribution in [2.75, 3.05) is 0 Å². The number of halogens is 4. The highest BCUT2D eigenvalue weighted by Crippen LogP contribution is 2.26. The van der Waals surface area contributed by atoms with Crippen molar-refractivity contribution in [2.24, 2.45) is 0 Å². The Morgan fingerprint density at radius 1 is 1.19 bits per heavy atom. The first-order chi connectivity index (χ1) is 7.34. The molecule has 88 valence electrons. The molecule has 3 nitrogen and oxygen atoms in total. The van der Waals surface area contributed by atoms with Gasteiger partial charge < -0.3 is 10.2 Å². The number of benzene rings is 1. The van der Waals surface area contributed by atoms with Crippen LogP contribution in [-0.2, 0) is 4.79 Å². The molecule has 0 aliphatic heterocycles. The summed E-state index contributed by atoms with van der Waals surface area (Å²) in [4.78, 5) is 10.2. The topological polar surface area (TPSA) is 57.5 Å². The molecule has 0 bridgehead atoms. The summed E-state index contributed by atoms with van der Waals surface area (Å²) < 4.78 is 51.4. The minimum absolute atomic E-state index is 0.0261. The predicted molar refractivity (Wildman–Crippen MR) is 43.5 cm³/mol. The Balaban J connectivity index is 3.26. The van der Waals surface area contributed by atoms with E-state index in [1.165, 1.54) is 0 Å². The van der Waals surface area contributed by atoms with Gasteiger partial charge in [0.05, 0.1) is 18.1 Å². The monoisotopic (exact) mass is 238 g/mol. The number of carbonyl (C=O) groups is 1. The van der Waals surface area contributed by atoms with Gasteiger partial charge in [-0.05, 0) is 0 Å². The van der Waals surface area contributed by atoms with Gasteiger partial charge in [0.2, 0.25) is 0 Å². The molecule has 2 N–H and O–H groups in total. The highest BCUT2D eigenvalue weighted by atomic mass is 19.2. The minimum atomic E-state index is -2.15. The molecule has 0 fully saturated rings. The second kappa shape index (κ2) is 4.48. The summed E-state index contributed by atoms with van der Waals surface area (Å²) in [6.45, 7) is 0. The first kappa shape index (κ1) is 12.4. The lowest BCUT2D eigenvalue weighted by molar-refractivity contribution is -0.139. The third kappa shape index (κ3) is 2.30. The SMILES string of the molecule is O=C(O)CC(O)c1c(F)c(F)cc(F)c1F. The van der Waals surface area contributed by atoms with Crippen LogP contribution in [0.1, 0.15) is 18.1 Å². The number of aliphatic carboxylic acids is 1. The molecule has 1 atom stereocenters. The van der Waals surface area contributed by atoms with Crippen LogP contribution in [0.25, 0.3) is 0 Å². The maximum absolute atomic E-state index is 13.0. The van der Waals surface area contributed by atoms with Crippen molar-refractivity contribution >= 4 is 5.97 Å². The number of carboxylic acids is 1. The van der Waals surface area contributed by atoms with Crippen LogP contribution in [0.2, 0.25) is 0 Å². The molecule has 1 rings (SSSR count). The van der Waals surface area contributed by atoms with Gasteiger partial charge in [-0.1, -0.05) is 0 Å². The van der Waals surface area contributed by atoms with Gasteiger partial charge in [-0.15, -0.1) is 0 Å². The highest BCUT2D eigenvalue weighted by molar-refractivity contribution is 5.67. The van der Waals surface area contributed by atoms with Crippen LogP contribution in [0.5, 0.6) is 0 Å². The summed E-state index contributed by atoms with van der Waals surface area (Å²) in [5.41, 5.74) is -1.32. The van der Waals surface area contributed by atoms with Crippen LogP contribution in [0.3, 0.4) is 0 Å². The first-order valence-electron chi connectivity index (χ1n) is 4.07. The molecule has 0 aliphatic rings. The molecule has 1 aromatic carbocycles. The number of hydrogen-bond acceptors (Lipinski definition) is 2. The number of aliphatic hydroxyl groups excluding tert-OH is 1. The molecule has 1 unspecified atom stereocenters. The van der Waals surface area contributed by atoms with E-state index in [9.17, 15) is 22.4 Å². The largest absolute Gasteiger partial charge is 0.481 e. The second-order valence-corrected chi connectivity index (χ2v) is 3.00. The van der Waals surface area contributed by atoms with Crippen molar-refractivity contribution in [2.45, 2.75) is 12.5 Å². The van der Waals surface area contributed by atoms with Gasteiger partial charge in [-0.25, -0.2) is 17.6 Å². The van der Waals surface area contributed by atoms with Crippen LogP contribution in [0.4, 0.5) is 17.6 Å². The van der Waals surface area contributed by atoms with Gasteiger partial charge in [0, 0.05) is 6.07 Å². The van der Waals surface area contributed by atoms with Gasteiger partial charge in [0.1, 0.15) is 0 Å². The van der Waals surface area contributed by atoms with Gasteiger partial charge >= 0.3 is 5.97 Å². The van der Waals surface area contributed by atoms with Crippen LogP contribution >= 0.6 is 0 Å². The fourth-order valence-corrected chi connectivity index (χ4v) is 1.15. The van der Waals surface area contributed by atoms with Crippen molar-refractivity contribution < 1.29 is 32.6 Å². The molecule has 0 heterocycles. The van der Waals surface area contributed by atoms with Crippen LogP contribution in [-0.4, -0.2) is 16.2 Å². The third-order valence-electron chi connectivity index (χ3n) is 1.85. The Labute approximate surface area is 86.9 Å². The molecule has 7 heteroatoms. The van der Waals surface area contributed by atoms with E-state index in [1.807, 2.05) is 0 Å². The Morgan fingerprint density at radius 3 is 2.00 bits per heavy atom. The fraction of sp³-hybridized carbons (Fsp3) is 0.222. The van der Waals surface area contributed by atoms with E-state index in [2.05, 4.69) is 0 Å². The normalized spacial score (nSPS) is 12.6. The third-order valence-corrected chi connectivity index (χ3v) is 1.85. The number of hydrogen-bond donors (Lipinski definition) is 2. The smallest absolute Gasteiger partial charge is 0.306 e. The van der Waals surface area contributed by atoms with E-state index in [0.29, 0.717) is 0 Å². The zero-order valence-electron chi connectivity index (χ0n) is 7.68. The van der Waals surface area contributed by atoms with Crippen molar-refractivity contribution in [3.8, 4) is 0 Å². The van der Waals surface area contributed by atoms with E-state index in [4.69, 9.17) is 10.2 Å². The summed E-state index contributed by atoms with van der Waals surface area (Å²) in [6.07, 6.45) is -3.21. The van der Waals surface area contributed by atoms with Gasteiger partial charge in [0.25, 0.3) is 0 Å². The average molecular weight is 238 g/mol. The Morgan fingerprint density at radius 2 is 1.62 bits per heavy atom. The lowest BCUT2D eigenvalue weighted by Gasteiger charge is -2.11. The molecular formula is C9H6F4O3. The van der Waals surface area contributed by atoms with Crippen LogP contribution in [0, 0.1) is 23.3 Å². The molecule has 0 aromatic heterocycles. The van der Waals surface area contributed by atoms with E-state index in [1.54, 1.807) is 0 Å². The first-order valence-corrected chi connectivity index (χ1v) is 4.07. The highest BCUT2D eigenvalue weighted by Gasteiger charge is 2.26. The van der Waals surface area contributed by atoms with Gasteiger partial charge in [-0.3, -0.25) is 4.79 Å². The van der Waals surface area contributed by atoms with Crippen molar-refractivity contribution in [1.29, 1.82) is 0 Å². The maximum atomic E-state index is 13.0. The van der Waals surface area contributed by atoms with E-state index < -0.39 is 47.3 Å². The minimum Gasteiger partial charge on any atom is -0.481 e.